The van der Waals surface area contributed by atoms with E-state index < -0.39 is 0 Å². The summed E-state index contributed by atoms with van der Waals surface area (Å²) in [5.41, 5.74) is 3.01. The van der Waals surface area contributed by atoms with Crippen LogP contribution in [0.1, 0.15) is 51.4 Å². The van der Waals surface area contributed by atoms with Crippen molar-refractivity contribution in [2.24, 2.45) is 0 Å². The van der Waals surface area contributed by atoms with Crippen LogP contribution < -0.4 is 4.74 Å². The van der Waals surface area contributed by atoms with Gasteiger partial charge in [0.15, 0.2) is 11.6 Å². The highest BCUT2D eigenvalue weighted by atomic mass is 16.5. The number of Topliss-reactive ketones (excluding diaryl/α,β-unsaturated/α-hetero) is 1. The van der Waals surface area contributed by atoms with E-state index in [1.807, 2.05) is 13.8 Å². The average molecular weight is 344 g/mol. The number of ether oxygens (including phenoxy) is 2. The third-order valence-corrected chi connectivity index (χ3v) is 4.21. The SMILES string of the molecule is CCn1ncc(C(=O)c2ccc(C(C)=O)c(OCCOC)c2C)c1C. The average Bonchev–Trinajstić information content (AvgIpc) is 2.96. The maximum Gasteiger partial charge on any atom is 0.196 e. The molecule has 6 nitrogen and oxygen atoms in total. The lowest BCUT2D eigenvalue weighted by molar-refractivity contribution is 0.0998. The number of hydrogen-bond acceptors (Lipinski definition) is 5. The molecule has 0 aliphatic heterocycles. The first kappa shape index (κ1) is 18.9. The zero-order chi connectivity index (χ0) is 18.6. The van der Waals surface area contributed by atoms with Crippen LogP contribution in [0.2, 0.25) is 0 Å². The van der Waals surface area contributed by atoms with Crippen molar-refractivity contribution in [2.75, 3.05) is 20.3 Å². The molecule has 1 heterocycles. The summed E-state index contributed by atoms with van der Waals surface area (Å²) in [7, 11) is 1.58. The highest BCUT2D eigenvalue weighted by Gasteiger charge is 2.22. The van der Waals surface area contributed by atoms with E-state index >= 15 is 0 Å². The summed E-state index contributed by atoms with van der Waals surface area (Å²) in [4.78, 5) is 24.9. The van der Waals surface area contributed by atoms with E-state index in [0.717, 1.165) is 5.69 Å². The molecule has 0 unspecified atom stereocenters. The van der Waals surface area contributed by atoms with Gasteiger partial charge >= 0.3 is 0 Å². The van der Waals surface area contributed by atoms with Crippen LogP contribution in [0.4, 0.5) is 0 Å². The summed E-state index contributed by atoms with van der Waals surface area (Å²) < 4.78 is 12.5. The molecule has 1 aromatic heterocycles. The van der Waals surface area contributed by atoms with E-state index in [-0.39, 0.29) is 11.6 Å². The van der Waals surface area contributed by atoms with Gasteiger partial charge in [0.25, 0.3) is 0 Å². The van der Waals surface area contributed by atoms with E-state index in [1.54, 1.807) is 37.0 Å². The molecule has 2 aromatic rings. The van der Waals surface area contributed by atoms with Crippen molar-refractivity contribution in [3.63, 3.8) is 0 Å². The van der Waals surface area contributed by atoms with Crippen LogP contribution in [0.15, 0.2) is 18.3 Å². The Labute approximate surface area is 147 Å². The second kappa shape index (κ2) is 8.07. The number of methoxy groups -OCH3 is 1. The Hall–Kier alpha value is -2.47. The lowest BCUT2D eigenvalue weighted by Crippen LogP contribution is -2.12. The smallest absolute Gasteiger partial charge is 0.196 e. The van der Waals surface area contributed by atoms with Gasteiger partial charge in [-0.1, -0.05) is 0 Å². The molecule has 6 heteroatoms. The number of carbonyl (C=O) groups is 2. The minimum Gasteiger partial charge on any atom is -0.490 e. The maximum absolute atomic E-state index is 13.0. The highest BCUT2D eigenvalue weighted by Crippen LogP contribution is 2.29. The summed E-state index contributed by atoms with van der Waals surface area (Å²) in [5, 5.41) is 4.23. The molecule has 0 atom stereocenters. The predicted molar refractivity (Wildman–Crippen MR) is 94.6 cm³/mol. The number of benzene rings is 1. The number of aryl methyl sites for hydroxylation is 1. The molecule has 0 radical (unpaired) electrons. The third-order valence-electron chi connectivity index (χ3n) is 4.21. The van der Waals surface area contributed by atoms with E-state index in [4.69, 9.17) is 9.47 Å². The van der Waals surface area contributed by atoms with Crippen molar-refractivity contribution >= 4 is 11.6 Å². The molecule has 2 rings (SSSR count). The molecule has 0 fully saturated rings. The van der Waals surface area contributed by atoms with Gasteiger partial charge in [-0.2, -0.15) is 5.10 Å². The molecule has 0 bridgehead atoms. The zero-order valence-corrected chi connectivity index (χ0v) is 15.4. The Morgan fingerprint density at radius 2 is 1.80 bits per heavy atom. The van der Waals surface area contributed by atoms with Gasteiger partial charge in [-0.15, -0.1) is 0 Å². The Kier molecular flexibility index (Phi) is 6.09. The topological polar surface area (TPSA) is 70.4 Å². The minimum atomic E-state index is -0.124. The van der Waals surface area contributed by atoms with E-state index in [9.17, 15) is 9.59 Å². The van der Waals surface area contributed by atoms with E-state index in [0.29, 0.717) is 47.8 Å². The van der Waals surface area contributed by atoms with Gasteiger partial charge in [-0.25, -0.2) is 0 Å². The molecular formula is C19H24N2O4. The fourth-order valence-corrected chi connectivity index (χ4v) is 2.76. The van der Waals surface area contributed by atoms with Crippen molar-refractivity contribution in [3.05, 3.63) is 46.3 Å². The first-order valence-electron chi connectivity index (χ1n) is 8.25. The largest absolute Gasteiger partial charge is 0.490 e. The van der Waals surface area contributed by atoms with Gasteiger partial charge in [0.2, 0.25) is 0 Å². The van der Waals surface area contributed by atoms with Gasteiger partial charge in [0, 0.05) is 30.5 Å². The second-order valence-corrected chi connectivity index (χ2v) is 5.80. The first-order chi connectivity index (χ1) is 11.9. The van der Waals surface area contributed by atoms with Gasteiger partial charge in [-0.05, 0) is 39.8 Å². The van der Waals surface area contributed by atoms with Crippen molar-refractivity contribution in [2.45, 2.75) is 34.2 Å². The van der Waals surface area contributed by atoms with Crippen LogP contribution in [-0.4, -0.2) is 41.7 Å². The van der Waals surface area contributed by atoms with Crippen molar-refractivity contribution < 1.29 is 19.1 Å². The molecule has 0 saturated carbocycles. The van der Waals surface area contributed by atoms with Gasteiger partial charge in [0.05, 0.1) is 23.9 Å². The van der Waals surface area contributed by atoms with Gasteiger partial charge in [0.1, 0.15) is 12.4 Å². The second-order valence-electron chi connectivity index (χ2n) is 5.80. The van der Waals surface area contributed by atoms with Crippen molar-refractivity contribution in [1.29, 1.82) is 0 Å². The molecule has 25 heavy (non-hydrogen) atoms. The standard InChI is InChI=1S/C19H24N2O4/c1-6-21-13(3)17(11-20-21)18(23)15-7-8-16(14(4)22)19(12(15)2)25-10-9-24-5/h7-8,11H,6,9-10H2,1-5H3. The number of hydrogen-bond donors (Lipinski definition) is 0. The van der Waals surface area contributed by atoms with Crippen LogP contribution in [0.25, 0.3) is 0 Å². The van der Waals surface area contributed by atoms with Crippen LogP contribution in [0.3, 0.4) is 0 Å². The molecule has 0 N–H and O–H groups in total. The van der Waals surface area contributed by atoms with E-state index in [2.05, 4.69) is 5.10 Å². The van der Waals surface area contributed by atoms with Crippen LogP contribution in [-0.2, 0) is 11.3 Å². The summed E-state index contributed by atoms with van der Waals surface area (Å²) in [6.07, 6.45) is 1.59. The van der Waals surface area contributed by atoms with Crippen LogP contribution >= 0.6 is 0 Å². The number of carbonyl (C=O) groups excluding carboxylic acids is 2. The maximum atomic E-state index is 13.0. The minimum absolute atomic E-state index is 0.107. The van der Waals surface area contributed by atoms with Crippen LogP contribution in [0.5, 0.6) is 5.75 Å². The fourth-order valence-electron chi connectivity index (χ4n) is 2.76. The number of rotatable bonds is 8. The molecule has 0 saturated heterocycles. The lowest BCUT2D eigenvalue weighted by Gasteiger charge is -2.15. The Morgan fingerprint density at radius 1 is 1.12 bits per heavy atom. The molecule has 0 aliphatic carbocycles. The summed E-state index contributed by atoms with van der Waals surface area (Å²) in [5.74, 6) is 0.210. The lowest BCUT2D eigenvalue weighted by atomic mass is 9.95. The molecule has 1 aromatic carbocycles. The van der Waals surface area contributed by atoms with Crippen molar-refractivity contribution in [3.8, 4) is 5.75 Å². The highest BCUT2D eigenvalue weighted by molar-refractivity contribution is 6.11. The summed E-state index contributed by atoms with van der Waals surface area (Å²) >= 11 is 0. The normalized spacial score (nSPS) is 10.8. The fraction of sp³-hybridized carbons (Fsp3) is 0.421. The Morgan fingerprint density at radius 3 is 2.36 bits per heavy atom. The van der Waals surface area contributed by atoms with Gasteiger partial charge in [-0.3, -0.25) is 14.3 Å². The molecule has 134 valence electrons. The first-order valence-corrected chi connectivity index (χ1v) is 8.25. The molecular weight excluding hydrogens is 320 g/mol. The third kappa shape index (κ3) is 3.79. The van der Waals surface area contributed by atoms with Crippen molar-refractivity contribution in [1.82, 2.24) is 9.78 Å². The monoisotopic (exact) mass is 344 g/mol. The molecule has 0 amide bonds. The zero-order valence-electron chi connectivity index (χ0n) is 15.4. The Bertz CT molecular complexity index is 793. The number of nitrogens with zero attached hydrogens (tertiary/aromatic N) is 2. The predicted octanol–water partition coefficient (Wildman–Crippen LogP) is 2.98. The molecule has 0 spiro atoms. The van der Waals surface area contributed by atoms with Crippen LogP contribution in [0, 0.1) is 13.8 Å². The molecule has 0 aliphatic rings. The number of aromatic nitrogens is 2. The van der Waals surface area contributed by atoms with E-state index in [1.165, 1.54) is 6.92 Å². The Balaban J connectivity index is 2.47. The number of ketones is 2. The van der Waals surface area contributed by atoms with Gasteiger partial charge < -0.3 is 9.47 Å². The summed E-state index contributed by atoms with van der Waals surface area (Å²) in [6.45, 7) is 8.53. The summed E-state index contributed by atoms with van der Waals surface area (Å²) in [6, 6.07) is 3.32. The quantitative estimate of drug-likeness (QED) is 0.544.